The zero-order valence-electron chi connectivity index (χ0n) is 12.8. The summed E-state index contributed by atoms with van der Waals surface area (Å²) >= 11 is 2.15. The lowest BCUT2D eigenvalue weighted by Crippen LogP contribution is -2.48. The maximum Gasteiger partial charge on any atom is 0.243 e. The van der Waals surface area contributed by atoms with Crippen LogP contribution in [0, 0.1) is 14.9 Å². The van der Waals surface area contributed by atoms with Gasteiger partial charge in [0.15, 0.2) is 0 Å². The van der Waals surface area contributed by atoms with Gasteiger partial charge in [-0.05, 0) is 59.0 Å². The minimum Gasteiger partial charge on any atom is -0.354 e. The number of halogens is 1. The standard InChI is InChI=1S/C16H15IN4O2S/c17-14-2-4-15(5-3-14)24(22,23)21-9-7-20(8-10-21)16-6-1-13(11-18)12-19-16/h1-6,12H,7-10H2. The zero-order chi connectivity index (χ0) is 17.2. The topological polar surface area (TPSA) is 77.3 Å². The van der Waals surface area contributed by atoms with Gasteiger partial charge in [-0.25, -0.2) is 13.4 Å². The maximum absolute atomic E-state index is 12.7. The van der Waals surface area contributed by atoms with Crippen molar-refractivity contribution in [1.29, 1.82) is 5.26 Å². The normalized spacial score (nSPS) is 15.9. The first kappa shape index (κ1) is 17.1. The zero-order valence-corrected chi connectivity index (χ0v) is 15.7. The predicted octanol–water partition coefficient (Wildman–Crippen LogP) is 2.07. The van der Waals surface area contributed by atoms with Gasteiger partial charge in [-0.15, -0.1) is 0 Å². The molecule has 1 saturated heterocycles. The Bertz CT molecular complexity index is 852. The van der Waals surface area contributed by atoms with Crippen molar-refractivity contribution in [3.05, 3.63) is 51.7 Å². The molecule has 1 fully saturated rings. The number of anilines is 1. The summed E-state index contributed by atoms with van der Waals surface area (Å²) in [5, 5.41) is 8.81. The van der Waals surface area contributed by atoms with E-state index in [0.29, 0.717) is 36.6 Å². The average molecular weight is 454 g/mol. The van der Waals surface area contributed by atoms with Crippen molar-refractivity contribution in [2.24, 2.45) is 0 Å². The SMILES string of the molecule is N#Cc1ccc(N2CCN(S(=O)(=O)c3ccc(I)cc3)CC2)nc1. The van der Waals surface area contributed by atoms with Gasteiger partial charge in [-0.1, -0.05) is 0 Å². The van der Waals surface area contributed by atoms with E-state index in [1.165, 1.54) is 10.5 Å². The van der Waals surface area contributed by atoms with Crippen LogP contribution in [0.2, 0.25) is 0 Å². The first-order valence-corrected chi connectivity index (χ1v) is 9.89. The summed E-state index contributed by atoms with van der Waals surface area (Å²) in [5.74, 6) is 0.764. The van der Waals surface area contributed by atoms with E-state index in [4.69, 9.17) is 5.26 Å². The third kappa shape index (κ3) is 3.53. The summed E-state index contributed by atoms with van der Waals surface area (Å²) in [6.07, 6.45) is 1.53. The highest BCUT2D eigenvalue weighted by Crippen LogP contribution is 2.21. The molecule has 0 unspecified atom stereocenters. The van der Waals surface area contributed by atoms with E-state index in [0.717, 1.165) is 9.39 Å². The molecule has 3 rings (SSSR count). The Morgan fingerprint density at radius 2 is 1.71 bits per heavy atom. The molecule has 2 aromatic rings. The van der Waals surface area contributed by atoms with Crippen LogP contribution < -0.4 is 4.90 Å². The minimum atomic E-state index is -3.46. The molecule has 6 nitrogen and oxygen atoms in total. The molecule has 0 spiro atoms. The summed E-state index contributed by atoms with van der Waals surface area (Å²) < 4.78 is 27.9. The number of aromatic nitrogens is 1. The van der Waals surface area contributed by atoms with Crippen molar-refractivity contribution in [3.63, 3.8) is 0 Å². The van der Waals surface area contributed by atoms with Crippen molar-refractivity contribution in [1.82, 2.24) is 9.29 Å². The van der Waals surface area contributed by atoms with Crippen molar-refractivity contribution in [2.45, 2.75) is 4.90 Å². The number of rotatable bonds is 3. The molecular weight excluding hydrogens is 439 g/mol. The molecule has 0 saturated carbocycles. The van der Waals surface area contributed by atoms with Crippen LogP contribution >= 0.6 is 22.6 Å². The van der Waals surface area contributed by atoms with Gasteiger partial charge in [0.25, 0.3) is 0 Å². The molecule has 1 aliphatic rings. The Morgan fingerprint density at radius 1 is 1.04 bits per heavy atom. The lowest BCUT2D eigenvalue weighted by Gasteiger charge is -2.34. The molecule has 0 bridgehead atoms. The molecule has 0 N–H and O–H groups in total. The van der Waals surface area contributed by atoms with E-state index in [1.54, 1.807) is 36.4 Å². The molecule has 0 radical (unpaired) electrons. The van der Waals surface area contributed by atoms with Gasteiger partial charge < -0.3 is 4.90 Å². The molecule has 24 heavy (non-hydrogen) atoms. The second kappa shape index (κ2) is 7.04. The van der Waals surface area contributed by atoms with E-state index in [-0.39, 0.29) is 0 Å². The smallest absolute Gasteiger partial charge is 0.243 e. The molecule has 0 atom stereocenters. The molecule has 1 aromatic heterocycles. The largest absolute Gasteiger partial charge is 0.354 e. The average Bonchev–Trinajstić information content (AvgIpc) is 2.62. The number of hydrogen-bond donors (Lipinski definition) is 0. The van der Waals surface area contributed by atoms with Crippen LogP contribution in [0.5, 0.6) is 0 Å². The van der Waals surface area contributed by atoms with E-state index in [1.807, 2.05) is 11.0 Å². The fourth-order valence-corrected chi connectivity index (χ4v) is 4.33. The first-order chi connectivity index (χ1) is 11.5. The third-order valence-electron chi connectivity index (χ3n) is 3.89. The number of hydrogen-bond acceptors (Lipinski definition) is 5. The number of nitriles is 1. The van der Waals surface area contributed by atoms with Crippen molar-refractivity contribution in [3.8, 4) is 6.07 Å². The Kier molecular flexibility index (Phi) is 5.03. The minimum absolute atomic E-state index is 0.327. The van der Waals surface area contributed by atoms with Crippen LogP contribution in [0.15, 0.2) is 47.5 Å². The lowest BCUT2D eigenvalue weighted by molar-refractivity contribution is 0.384. The molecule has 0 aliphatic carbocycles. The van der Waals surface area contributed by atoms with Gasteiger partial charge in [-0.2, -0.15) is 9.57 Å². The van der Waals surface area contributed by atoms with Crippen LogP contribution in [-0.4, -0.2) is 43.9 Å². The summed E-state index contributed by atoms with van der Waals surface area (Å²) in [4.78, 5) is 6.62. The van der Waals surface area contributed by atoms with Gasteiger partial charge in [0.2, 0.25) is 10.0 Å². The van der Waals surface area contributed by atoms with E-state index in [9.17, 15) is 8.42 Å². The fourth-order valence-electron chi connectivity index (χ4n) is 2.55. The summed E-state index contributed by atoms with van der Waals surface area (Å²) in [6, 6.07) is 12.4. The van der Waals surface area contributed by atoms with Crippen LogP contribution in [0.25, 0.3) is 0 Å². The quantitative estimate of drug-likeness (QED) is 0.664. The molecule has 0 amide bonds. The highest BCUT2D eigenvalue weighted by molar-refractivity contribution is 14.1. The van der Waals surface area contributed by atoms with Gasteiger partial charge in [-0.3, -0.25) is 0 Å². The van der Waals surface area contributed by atoms with Gasteiger partial charge >= 0.3 is 0 Å². The number of benzene rings is 1. The van der Waals surface area contributed by atoms with E-state index < -0.39 is 10.0 Å². The van der Waals surface area contributed by atoms with Gasteiger partial charge in [0.1, 0.15) is 11.9 Å². The molecule has 2 heterocycles. The highest BCUT2D eigenvalue weighted by atomic mass is 127. The van der Waals surface area contributed by atoms with Crippen LogP contribution in [-0.2, 0) is 10.0 Å². The molecule has 1 aliphatic heterocycles. The Balaban J connectivity index is 1.70. The molecule has 124 valence electrons. The summed E-state index contributed by atoms with van der Waals surface area (Å²) in [6.45, 7) is 1.97. The Labute approximate surface area is 154 Å². The van der Waals surface area contributed by atoms with Crippen molar-refractivity contribution >= 4 is 38.4 Å². The molecular formula is C16H15IN4O2S. The number of nitrogens with zero attached hydrogens (tertiary/aromatic N) is 4. The summed E-state index contributed by atoms with van der Waals surface area (Å²) in [7, 11) is -3.46. The van der Waals surface area contributed by atoms with Gasteiger partial charge in [0.05, 0.1) is 10.5 Å². The third-order valence-corrected chi connectivity index (χ3v) is 6.52. The van der Waals surface area contributed by atoms with E-state index in [2.05, 4.69) is 27.6 Å². The maximum atomic E-state index is 12.7. The molecule has 1 aromatic carbocycles. The van der Waals surface area contributed by atoms with E-state index >= 15 is 0 Å². The number of sulfonamides is 1. The predicted molar refractivity (Wildman–Crippen MR) is 99.1 cm³/mol. The van der Waals surface area contributed by atoms with Crippen molar-refractivity contribution in [2.75, 3.05) is 31.1 Å². The molecule has 8 heteroatoms. The Morgan fingerprint density at radius 3 is 2.25 bits per heavy atom. The lowest BCUT2D eigenvalue weighted by atomic mass is 10.3. The van der Waals surface area contributed by atoms with Crippen LogP contribution in [0.3, 0.4) is 0 Å². The Hall–Kier alpha value is -1.70. The second-order valence-electron chi connectivity index (χ2n) is 5.36. The monoisotopic (exact) mass is 454 g/mol. The van der Waals surface area contributed by atoms with Gasteiger partial charge in [0, 0.05) is 35.9 Å². The fraction of sp³-hybridized carbons (Fsp3) is 0.250. The second-order valence-corrected chi connectivity index (χ2v) is 8.55. The van der Waals surface area contributed by atoms with Crippen molar-refractivity contribution < 1.29 is 8.42 Å². The summed E-state index contributed by atoms with van der Waals surface area (Å²) in [5.41, 5.74) is 0.513. The van der Waals surface area contributed by atoms with Crippen LogP contribution in [0.1, 0.15) is 5.56 Å². The van der Waals surface area contributed by atoms with Crippen LogP contribution in [0.4, 0.5) is 5.82 Å². The highest BCUT2D eigenvalue weighted by Gasteiger charge is 2.28. The number of pyridine rings is 1. The number of piperazine rings is 1. The first-order valence-electron chi connectivity index (χ1n) is 7.37.